The van der Waals surface area contributed by atoms with Gasteiger partial charge in [0.1, 0.15) is 11.5 Å². The Morgan fingerprint density at radius 2 is 1.48 bits per heavy atom. The van der Waals surface area contributed by atoms with Crippen molar-refractivity contribution in [3.8, 4) is 11.5 Å². The van der Waals surface area contributed by atoms with Gasteiger partial charge in [-0.3, -0.25) is 9.69 Å². The van der Waals surface area contributed by atoms with E-state index in [1.807, 2.05) is 0 Å². The molecular weight excluding hydrogens is 544 g/mol. The summed E-state index contributed by atoms with van der Waals surface area (Å²) in [7, 11) is 0. The van der Waals surface area contributed by atoms with Crippen molar-refractivity contribution in [1.29, 1.82) is 0 Å². The summed E-state index contributed by atoms with van der Waals surface area (Å²) in [6, 6.07) is 19.7. The van der Waals surface area contributed by atoms with Gasteiger partial charge in [-0.2, -0.15) is 0 Å². The smallest absolute Gasteiger partial charge is 0.238 e. The Morgan fingerprint density at radius 3 is 2.11 bits per heavy atom. The second kappa shape index (κ2) is 16.7. The van der Waals surface area contributed by atoms with Crippen molar-refractivity contribution in [2.75, 3.05) is 31.6 Å². The van der Waals surface area contributed by atoms with Gasteiger partial charge in [-0.1, -0.05) is 88.9 Å². The van der Waals surface area contributed by atoms with Crippen molar-refractivity contribution in [2.45, 2.75) is 105 Å². The lowest BCUT2D eigenvalue weighted by atomic mass is 9.92. The topological polar surface area (TPSA) is 50.8 Å². The number of amides is 1. The lowest BCUT2D eigenvalue weighted by Gasteiger charge is -2.25. The van der Waals surface area contributed by atoms with Crippen LogP contribution in [0.1, 0.15) is 112 Å². The van der Waals surface area contributed by atoms with E-state index in [2.05, 4.69) is 106 Å². The minimum absolute atomic E-state index is 0.0515. The molecule has 44 heavy (non-hydrogen) atoms. The number of carbonyl (C=O) groups excluding carboxylic acids is 1. The highest BCUT2D eigenvalue weighted by molar-refractivity contribution is 5.94. The standard InChI is InChI=1S/C39H54N2O3/c1-7-11-13-21-43-35-17-14-32(15-18-35)36-25-34(33-16-19-37(29(6)24-33)44-20-12-8-2)26-41(36)27-38(42)40-39-30(9-3)22-28(5)23-31(39)10-4/h14-19,22-24,34,36H,7-13,20-21,25-27H2,1-6H3,(H,40,42)/t34-,36-/m1/s1. The van der Waals surface area contributed by atoms with E-state index in [1.165, 1.54) is 46.2 Å². The fourth-order valence-electron chi connectivity index (χ4n) is 6.43. The molecule has 1 saturated heterocycles. The quantitative estimate of drug-likeness (QED) is 0.167. The van der Waals surface area contributed by atoms with Gasteiger partial charge in [0.15, 0.2) is 0 Å². The van der Waals surface area contributed by atoms with Crippen molar-refractivity contribution in [2.24, 2.45) is 0 Å². The zero-order chi connectivity index (χ0) is 31.5. The van der Waals surface area contributed by atoms with Crippen LogP contribution in [0.4, 0.5) is 5.69 Å². The molecule has 1 heterocycles. The van der Waals surface area contributed by atoms with Gasteiger partial charge < -0.3 is 14.8 Å². The molecule has 1 amide bonds. The number of aryl methyl sites for hydroxylation is 4. The van der Waals surface area contributed by atoms with Crippen molar-refractivity contribution < 1.29 is 14.3 Å². The lowest BCUT2D eigenvalue weighted by Crippen LogP contribution is -2.33. The van der Waals surface area contributed by atoms with Crippen LogP contribution >= 0.6 is 0 Å². The Hall–Kier alpha value is -3.31. The number of nitrogens with zero attached hydrogens (tertiary/aromatic N) is 1. The highest BCUT2D eigenvalue weighted by atomic mass is 16.5. The first-order valence-corrected chi connectivity index (χ1v) is 17.0. The summed E-state index contributed by atoms with van der Waals surface area (Å²) < 4.78 is 12.0. The highest BCUT2D eigenvalue weighted by Gasteiger charge is 2.35. The average molecular weight is 599 g/mol. The highest BCUT2D eigenvalue weighted by Crippen LogP contribution is 2.41. The summed E-state index contributed by atoms with van der Waals surface area (Å²) in [5.41, 5.74) is 8.38. The van der Waals surface area contributed by atoms with Gasteiger partial charge in [0, 0.05) is 18.3 Å². The minimum Gasteiger partial charge on any atom is -0.494 e. The van der Waals surface area contributed by atoms with Crippen LogP contribution in [-0.4, -0.2) is 37.1 Å². The van der Waals surface area contributed by atoms with Gasteiger partial charge in [0.05, 0.1) is 19.8 Å². The van der Waals surface area contributed by atoms with E-state index >= 15 is 0 Å². The average Bonchev–Trinajstić information content (AvgIpc) is 3.44. The second-order valence-corrected chi connectivity index (χ2v) is 12.4. The van der Waals surface area contributed by atoms with E-state index in [0.717, 1.165) is 75.5 Å². The summed E-state index contributed by atoms with van der Waals surface area (Å²) in [5, 5.41) is 3.33. The molecule has 0 aromatic heterocycles. The molecule has 1 aliphatic rings. The number of anilines is 1. The number of hydrogen-bond acceptors (Lipinski definition) is 4. The molecular formula is C39H54N2O3. The second-order valence-electron chi connectivity index (χ2n) is 12.4. The Kier molecular flexibility index (Phi) is 12.7. The van der Waals surface area contributed by atoms with Gasteiger partial charge in [-0.05, 0) is 97.9 Å². The van der Waals surface area contributed by atoms with Crippen LogP contribution in [0, 0.1) is 13.8 Å². The number of likely N-dealkylation sites (tertiary alicyclic amines) is 1. The molecule has 0 radical (unpaired) electrons. The van der Waals surface area contributed by atoms with E-state index in [-0.39, 0.29) is 11.9 Å². The summed E-state index contributed by atoms with van der Waals surface area (Å²) >= 11 is 0. The third-order valence-corrected chi connectivity index (χ3v) is 8.93. The zero-order valence-corrected chi connectivity index (χ0v) is 28.0. The molecule has 3 aromatic carbocycles. The Morgan fingerprint density at radius 1 is 0.818 bits per heavy atom. The maximum Gasteiger partial charge on any atom is 0.238 e. The van der Waals surface area contributed by atoms with Crippen LogP contribution in [0.2, 0.25) is 0 Å². The number of carbonyl (C=O) groups is 1. The number of ether oxygens (including phenoxy) is 2. The van der Waals surface area contributed by atoms with Crippen LogP contribution in [0.25, 0.3) is 0 Å². The van der Waals surface area contributed by atoms with E-state index in [1.54, 1.807) is 0 Å². The molecule has 1 N–H and O–H groups in total. The van der Waals surface area contributed by atoms with E-state index in [9.17, 15) is 4.79 Å². The third kappa shape index (κ3) is 8.88. The molecule has 5 heteroatoms. The van der Waals surface area contributed by atoms with Crippen molar-refractivity contribution >= 4 is 11.6 Å². The number of nitrogens with one attached hydrogen (secondary N) is 1. The maximum atomic E-state index is 13.7. The zero-order valence-electron chi connectivity index (χ0n) is 28.0. The Labute approximate surface area is 266 Å². The molecule has 2 atom stereocenters. The summed E-state index contributed by atoms with van der Waals surface area (Å²) in [6.07, 6.45) is 8.38. The van der Waals surface area contributed by atoms with Crippen LogP contribution in [0.5, 0.6) is 11.5 Å². The minimum atomic E-state index is 0.0515. The van der Waals surface area contributed by atoms with Crippen LogP contribution in [0.3, 0.4) is 0 Å². The third-order valence-electron chi connectivity index (χ3n) is 8.93. The molecule has 0 aliphatic carbocycles. The SMILES string of the molecule is CCCCCOc1ccc([C@H]2C[C@@H](c3ccc(OCCCC)c(C)c3)CN2CC(=O)Nc2c(CC)cc(C)cc2CC)cc1. The Bertz CT molecular complexity index is 1320. The molecule has 4 rings (SSSR count). The number of benzene rings is 3. The van der Waals surface area contributed by atoms with Crippen LogP contribution < -0.4 is 14.8 Å². The number of hydrogen-bond donors (Lipinski definition) is 1. The number of unbranched alkanes of at least 4 members (excludes halogenated alkanes) is 3. The summed E-state index contributed by atoms with van der Waals surface area (Å²) in [4.78, 5) is 16.0. The molecule has 0 spiro atoms. The fraction of sp³-hybridized carbons (Fsp3) is 0.513. The predicted octanol–water partition coefficient (Wildman–Crippen LogP) is 9.35. The van der Waals surface area contributed by atoms with Crippen molar-refractivity contribution in [3.05, 3.63) is 88.0 Å². The summed E-state index contributed by atoms with van der Waals surface area (Å²) in [5.74, 6) is 2.27. The van der Waals surface area contributed by atoms with E-state index in [0.29, 0.717) is 12.5 Å². The predicted molar refractivity (Wildman–Crippen MR) is 183 cm³/mol. The molecule has 0 unspecified atom stereocenters. The Balaban J connectivity index is 1.54. The van der Waals surface area contributed by atoms with E-state index < -0.39 is 0 Å². The van der Waals surface area contributed by atoms with Crippen molar-refractivity contribution in [1.82, 2.24) is 4.90 Å². The first-order chi connectivity index (χ1) is 21.4. The van der Waals surface area contributed by atoms with Gasteiger partial charge in [0.2, 0.25) is 5.91 Å². The van der Waals surface area contributed by atoms with Gasteiger partial charge in [-0.15, -0.1) is 0 Å². The fourth-order valence-corrected chi connectivity index (χ4v) is 6.43. The normalized spacial score (nSPS) is 16.7. The van der Waals surface area contributed by atoms with Crippen LogP contribution in [0.15, 0.2) is 54.6 Å². The lowest BCUT2D eigenvalue weighted by molar-refractivity contribution is -0.117. The van der Waals surface area contributed by atoms with Gasteiger partial charge >= 0.3 is 0 Å². The van der Waals surface area contributed by atoms with E-state index in [4.69, 9.17) is 9.47 Å². The largest absolute Gasteiger partial charge is 0.494 e. The number of rotatable bonds is 16. The molecule has 238 valence electrons. The van der Waals surface area contributed by atoms with Crippen LogP contribution in [-0.2, 0) is 17.6 Å². The summed E-state index contributed by atoms with van der Waals surface area (Å²) in [6.45, 7) is 15.7. The molecule has 0 bridgehead atoms. The molecule has 1 aliphatic heterocycles. The molecule has 3 aromatic rings. The first kappa shape index (κ1) is 33.6. The molecule has 1 fully saturated rings. The first-order valence-electron chi connectivity index (χ1n) is 17.0. The molecule has 0 saturated carbocycles. The maximum absolute atomic E-state index is 13.7. The monoisotopic (exact) mass is 598 g/mol. The molecule has 5 nitrogen and oxygen atoms in total. The van der Waals surface area contributed by atoms with Gasteiger partial charge in [0.25, 0.3) is 0 Å². The van der Waals surface area contributed by atoms with Crippen molar-refractivity contribution in [3.63, 3.8) is 0 Å². The van der Waals surface area contributed by atoms with Gasteiger partial charge in [-0.25, -0.2) is 0 Å².